The molecule has 58 heavy (non-hydrogen) atoms. The number of aromatic nitrogens is 3. The third kappa shape index (κ3) is 8.02. The van der Waals surface area contributed by atoms with Crippen LogP contribution in [-0.4, -0.2) is 126 Å². The second-order valence-corrected chi connectivity index (χ2v) is 15.5. The highest BCUT2D eigenvalue weighted by Crippen LogP contribution is 2.36. The van der Waals surface area contributed by atoms with Crippen molar-refractivity contribution in [2.24, 2.45) is 0 Å². The van der Waals surface area contributed by atoms with Crippen LogP contribution >= 0.6 is 0 Å². The van der Waals surface area contributed by atoms with E-state index in [2.05, 4.69) is 71.8 Å². The number of hydrogen-bond acceptors (Lipinski definition) is 12. The number of piperazine rings is 2. The fourth-order valence-electron chi connectivity index (χ4n) is 8.39. The Morgan fingerprint density at radius 1 is 0.862 bits per heavy atom. The number of anilines is 4. The second kappa shape index (κ2) is 16.4. The van der Waals surface area contributed by atoms with Gasteiger partial charge in [-0.2, -0.15) is 0 Å². The van der Waals surface area contributed by atoms with Gasteiger partial charge in [0.1, 0.15) is 12.3 Å². The van der Waals surface area contributed by atoms with Crippen LogP contribution in [0.4, 0.5) is 23.0 Å². The summed E-state index contributed by atoms with van der Waals surface area (Å²) in [6, 6.07) is 21.9. The molecule has 1 atom stereocenters. The minimum absolute atomic E-state index is 0.0515. The molecule has 0 bridgehead atoms. The standard InChI is InChI=1S/C44H48N10O4/c1-29-37(28-46-42-40(29)45-14-25-58-42)32-2-3-33-27-47-44(49-38(33)26-32)48-34-8-4-31(5-9-34)43(57)54-23-19-52(20-24-54)16-15-51-17-21-53(22-18-51)35-10-6-30(7-11-35)36-12-13-39(55)50-41(36)56/h2-11,26-28,36,45H,12-25H2,1H3,(H,47,48,49)(H,50,55,56). The van der Waals surface area contributed by atoms with E-state index in [4.69, 9.17) is 9.72 Å². The Hall–Kier alpha value is -6.12. The third-order valence-electron chi connectivity index (χ3n) is 11.9. The molecule has 0 aliphatic carbocycles. The lowest BCUT2D eigenvalue weighted by atomic mass is 9.90. The average Bonchev–Trinajstić information content (AvgIpc) is 3.26. The van der Waals surface area contributed by atoms with E-state index in [1.165, 1.54) is 5.69 Å². The predicted octanol–water partition coefficient (Wildman–Crippen LogP) is 4.65. The van der Waals surface area contributed by atoms with E-state index in [1.807, 2.05) is 59.8 Å². The summed E-state index contributed by atoms with van der Waals surface area (Å²) < 4.78 is 5.71. The smallest absolute Gasteiger partial charge is 0.253 e. The largest absolute Gasteiger partial charge is 0.474 e. The van der Waals surface area contributed by atoms with Crippen LogP contribution in [0.1, 0.15) is 40.2 Å². The maximum Gasteiger partial charge on any atom is 0.253 e. The molecule has 0 saturated carbocycles. The number of nitrogens with zero attached hydrogens (tertiary/aromatic N) is 7. The van der Waals surface area contributed by atoms with Crippen LogP contribution in [0, 0.1) is 6.92 Å². The van der Waals surface area contributed by atoms with Crippen molar-refractivity contribution in [3.8, 4) is 17.0 Å². The molecule has 1 unspecified atom stereocenters. The van der Waals surface area contributed by atoms with E-state index >= 15 is 0 Å². The lowest BCUT2D eigenvalue weighted by molar-refractivity contribution is -0.134. The topological polar surface area (TPSA) is 148 Å². The van der Waals surface area contributed by atoms with Crippen LogP contribution in [0.15, 0.2) is 79.1 Å². The van der Waals surface area contributed by atoms with Crippen LogP contribution < -0.4 is 25.6 Å². The maximum absolute atomic E-state index is 13.5. The lowest BCUT2D eigenvalue weighted by Crippen LogP contribution is -2.52. The Balaban J connectivity index is 0.726. The Morgan fingerprint density at radius 3 is 2.34 bits per heavy atom. The van der Waals surface area contributed by atoms with Gasteiger partial charge in [0.05, 0.1) is 11.4 Å². The number of hydrogen-bond donors (Lipinski definition) is 3. The molecule has 3 aromatic carbocycles. The molecule has 3 fully saturated rings. The predicted molar refractivity (Wildman–Crippen MR) is 224 cm³/mol. The van der Waals surface area contributed by atoms with Gasteiger partial charge in [-0.15, -0.1) is 0 Å². The number of carbonyl (C=O) groups is 3. The number of fused-ring (bicyclic) bond motifs is 2. The van der Waals surface area contributed by atoms with Crippen LogP contribution in [0.25, 0.3) is 22.0 Å². The van der Waals surface area contributed by atoms with Crippen LogP contribution in [0.5, 0.6) is 5.88 Å². The Morgan fingerprint density at radius 2 is 1.60 bits per heavy atom. The minimum Gasteiger partial charge on any atom is -0.474 e. The van der Waals surface area contributed by atoms with Crippen LogP contribution in [0.2, 0.25) is 0 Å². The number of benzene rings is 3. The summed E-state index contributed by atoms with van der Waals surface area (Å²) in [5.41, 5.74) is 8.49. The molecule has 3 amide bonds. The lowest BCUT2D eigenvalue weighted by Gasteiger charge is -2.39. The zero-order valence-corrected chi connectivity index (χ0v) is 32.7. The fourth-order valence-corrected chi connectivity index (χ4v) is 8.39. The van der Waals surface area contributed by atoms with Crippen molar-refractivity contribution < 1.29 is 19.1 Å². The summed E-state index contributed by atoms with van der Waals surface area (Å²) in [7, 11) is 0. The molecule has 3 saturated heterocycles. The Bertz CT molecular complexity index is 2320. The number of pyridine rings is 1. The van der Waals surface area contributed by atoms with E-state index in [0.717, 1.165) is 103 Å². The molecule has 6 heterocycles. The molecule has 0 radical (unpaired) electrons. The molecule has 0 spiro atoms. The third-order valence-corrected chi connectivity index (χ3v) is 11.9. The van der Waals surface area contributed by atoms with Gasteiger partial charge in [0.15, 0.2) is 0 Å². The number of rotatable bonds is 9. The molecular weight excluding hydrogens is 733 g/mol. The van der Waals surface area contributed by atoms with E-state index in [0.29, 0.717) is 49.9 Å². The number of piperidine rings is 1. The first-order chi connectivity index (χ1) is 28.3. The highest BCUT2D eigenvalue weighted by Gasteiger charge is 2.28. The van der Waals surface area contributed by atoms with Gasteiger partial charge in [0.25, 0.3) is 5.91 Å². The first kappa shape index (κ1) is 37.5. The zero-order chi connectivity index (χ0) is 39.6. The van der Waals surface area contributed by atoms with Crippen molar-refractivity contribution in [3.05, 3.63) is 95.8 Å². The molecule has 14 nitrogen and oxygen atoms in total. The van der Waals surface area contributed by atoms with E-state index in [9.17, 15) is 14.4 Å². The van der Waals surface area contributed by atoms with Crippen molar-refractivity contribution in [2.45, 2.75) is 25.7 Å². The van der Waals surface area contributed by atoms with Gasteiger partial charge in [0, 0.05) is 119 Å². The summed E-state index contributed by atoms with van der Waals surface area (Å²) in [5.74, 6) is 0.540. The van der Waals surface area contributed by atoms with Crippen molar-refractivity contribution in [1.29, 1.82) is 0 Å². The Kier molecular flexibility index (Phi) is 10.6. The first-order valence-corrected chi connectivity index (χ1v) is 20.3. The molecule has 14 heteroatoms. The number of ether oxygens (including phenoxy) is 1. The molecule has 3 N–H and O–H groups in total. The van der Waals surface area contributed by atoms with Gasteiger partial charge in [-0.25, -0.2) is 15.0 Å². The quantitative estimate of drug-likeness (QED) is 0.179. The molecule has 298 valence electrons. The van der Waals surface area contributed by atoms with Gasteiger partial charge in [0.2, 0.25) is 23.6 Å². The maximum atomic E-state index is 13.5. The van der Waals surface area contributed by atoms with Crippen molar-refractivity contribution >= 4 is 51.6 Å². The minimum atomic E-state index is -0.253. The normalized spacial score (nSPS) is 18.9. The first-order valence-electron chi connectivity index (χ1n) is 20.3. The number of carbonyl (C=O) groups excluding carboxylic acids is 3. The SMILES string of the molecule is Cc1c(-c2ccc3cnc(Nc4ccc(C(=O)N5CCN(CCN6CCN(c7ccc(C8CCC(=O)NC8=O)cc7)CC6)CC5)cc4)nc3c2)cnc2c1NCCO2. The fraction of sp³-hybridized carbons (Fsp3) is 0.364. The van der Waals surface area contributed by atoms with E-state index in [1.54, 1.807) is 0 Å². The molecule has 4 aliphatic heterocycles. The van der Waals surface area contributed by atoms with Crippen LogP contribution in [-0.2, 0) is 9.59 Å². The van der Waals surface area contributed by atoms with Crippen molar-refractivity contribution in [3.63, 3.8) is 0 Å². The Labute approximate surface area is 337 Å². The van der Waals surface area contributed by atoms with Gasteiger partial charge in [-0.1, -0.05) is 24.3 Å². The van der Waals surface area contributed by atoms with Crippen LogP contribution in [0.3, 0.4) is 0 Å². The molecule has 4 aliphatic rings. The molecular formula is C44H48N10O4. The second-order valence-electron chi connectivity index (χ2n) is 15.5. The molecule has 9 rings (SSSR count). The monoisotopic (exact) mass is 780 g/mol. The average molecular weight is 781 g/mol. The van der Waals surface area contributed by atoms with Gasteiger partial charge >= 0.3 is 0 Å². The number of imide groups is 1. The van der Waals surface area contributed by atoms with E-state index in [-0.39, 0.29) is 23.6 Å². The van der Waals surface area contributed by atoms with Crippen molar-refractivity contribution in [2.75, 3.05) is 94.1 Å². The zero-order valence-electron chi connectivity index (χ0n) is 32.7. The number of nitrogens with one attached hydrogen (secondary N) is 3. The van der Waals surface area contributed by atoms with Gasteiger partial charge < -0.3 is 25.2 Å². The highest BCUT2D eigenvalue weighted by atomic mass is 16.5. The molecule has 5 aromatic rings. The highest BCUT2D eigenvalue weighted by molar-refractivity contribution is 6.01. The number of amides is 3. The summed E-state index contributed by atoms with van der Waals surface area (Å²) in [6.07, 6.45) is 4.63. The summed E-state index contributed by atoms with van der Waals surface area (Å²) in [4.78, 5) is 60.5. The summed E-state index contributed by atoms with van der Waals surface area (Å²) in [5, 5.41) is 10.1. The summed E-state index contributed by atoms with van der Waals surface area (Å²) >= 11 is 0. The van der Waals surface area contributed by atoms with Crippen molar-refractivity contribution in [1.82, 2.24) is 35.0 Å². The molecule has 2 aromatic heterocycles. The van der Waals surface area contributed by atoms with Gasteiger partial charge in [-0.05, 0) is 72.5 Å². The van der Waals surface area contributed by atoms with E-state index < -0.39 is 0 Å². The summed E-state index contributed by atoms with van der Waals surface area (Å²) in [6.45, 7) is 12.5. The van der Waals surface area contributed by atoms with Gasteiger partial charge in [-0.3, -0.25) is 29.5 Å².